The van der Waals surface area contributed by atoms with Gasteiger partial charge in [0.1, 0.15) is 0 Å². The van der Waals surface area contributed by atoms with E-state index in [4.69, 9.17) is 4.74 Å². The second-order valence-corrected chi connectivity index (χ2v) is 5.77. The Morgan fingerprint density at radius 1 is 1.15 bits per heavy atom. The van der Waals surface area contributed by atoms with E-state index in [1.165, 1.54) is 6.07 Å². The Morgan fingerprint density at radius 2 is 1.75 bits per heavy atom. The molecule has 2 nitrogen and oxygen atoms in total. The lowest BCUT2D eigenvalue weighted by Gasteiger charge is -2.37. The third kappa shape index (κ3) is 3.52. The van der Waals surface area contributed by atoms with Gasteiger partial charge in [0.05, 0.1) is 12.1 Å². The summed E-state index contributed by atoms with van der Waals surface area (Å²) >= 11 is 0. The van der Waals surface area contributed by atoms with Gasteiger partial charge >= 0.3 is 0 Å². The highest BCUT2D eigenvalue weighted by Gasteiger charge is 2.35. The van der Waals surface area contributed by atoms with Crippen molar-refractivity contribution in [2.45, 2.75) is 39.8 Å². The molecular formula is C15H22F3NO. The Hall–Kier alpha value is -1.07. The molecule has 0 aliphatic heterocycles. The number of ether oxygens (including phenoxy) is 1. The molecule has 2 unspecified atom stereocenters. The van der Waals surface area contributed by atoms with E-state index in [-0.39, 0.29) is 17.1 Å². The molecule has 1 aromatic rings. The smallest absolute Gasteiger partial charge is 0.194 e. The number of likely N-dealkylation sites (N-methyl/N-ethyl adjacent to an activating group) is 1. The van der Waals surface area contributed by atoms with E-state index in [1.807, 2.05) is 27.7 Å². The number of rotatable bonds is 5. The fourth-order valence-corrected chi connectivity index (χ4v) is 2.28. The average Bonchev–Trinajstić information content (AvgIpc) is 2.37. The van der Waals surface area contributed by atoms with Crippen molar-refractivity contribution in [3.05, 3.63) is 35.1 Å². The van der Waals surface area contributed by atoms with Crippen LogP contribution in [0.2, 0.25) is 0 Å². The van der Waals surface area contributed by atoms with Crippen molar-refractivity contribution in [3.63, 3.8) is 0 Å². The summed E-state index contributed by atoms with van der Waals surface area (Å²) in [7, 11) is 1.64. The molecule has 114 valence electrons. The van der Waals surface area contributed by atoms with Gasteiger partial charge in [-0.2, -0.15) is 0 Å². The maximum Gasteiger partial charge on any atom is 0.194 e. The molecule has 5 heteroatoms. The molecule has 0 saturated carbocycles. The zero-order chi connectivity index (χ0) is 15.5. The molecule has 0 radical (unpaired) electrons. The summed E-state index contributed by atoms with van der Waals surface area (Å²) in [4.78, 5) is 0. The van der Waals surface area contributed by atoms with E-state index in [0.29, 0.717) is 6.61 Å². The van der Waals surface area contributed by atoms with Crippen molar-refractivity contribution < 1.29 is 17.9 Å². The highest BCUT2D eigenvalue weighted by Crippen LogP contribution is 2.34. The van der Waals surface area contributed by atoms with Gasteiger partial charge in [0.15, 0.2) is 17.5 Å². The van der Waals surface area contributed by atoms with Crippen LogP contribution in [-0.2, 0) is 4.74 Å². The number of hydrogen-bond donors (Lipinski definition) is 1. The standard InChI is InChI=1S/C15H22F3NO/c1-6-20-14(15(2,3)4)13(19-5)9-7-8-10(16)12(18)11(9)17/h7-8,13-14,19H,6H2,1-5H3. The first-order valence-corrected chi connectivity index (χ1v) is 6.66. The van der Waals surface area contributed by atoms with Gasteiger partial charge in [-0.05, 0) is 25.5 Å². The molecular weight excluding hydrogens is 267 g/mol. The number of hydrogen-bond acceptors (Lipinski definition) is 2. The normalized spacial score (nSPS) is 15.2. The lowest BCUT2D eigenvalue weighted by Crippen LogP contribution is -2.41. The van der Waals surface area contributed by atoms with Crippen LogP contribution in [0.4, 0.5) is 13.2 Å². The quantitative estimate of drug-likeness (QED) is 0.832. The van der Waals surface area contributed by atoms with Crippen LogP contribution in [0.5, 0.6) is 0 Å². The minimum Gasteiger partial charge on any atom is -0.376 e. The van der Waals surface area contributed by atoms with Gasteiger partial charge in [0.2, 0.25) is 0 Å². The summed E-state index contributed by atoms with van der Waals surface area (Å²) in [6.07, 6.45) is -0.378. The lowest BCUT2D eigenvalue weighted by molar-refractivity contribution is -0.0358. The molecule has 0 fully saturated rings. The molecule has 0 bridgehead atoms. The molecule has 20 heavy (non-hydrogen) atoms. The fraction of sp³-hybridized carbons (Fsp3) is 0.600. The number of nitrogens with one attached hydrogen (secondary N) is 1. The Morgan fingerprint density at radius 3 is 2.20 bits per heavy atom. The Bertz CT molecular complexity index is 457. The Labute approximate surface area is 118 Å². The summed E-state index contributed by atoms with van der Waals surface area (Å²) < 4.78 is 46.1. The van der Waals surface area contributed by atoms with Crippen LogP contribution in [-0.4, -0.2) is 19.8 Å². The average molecular weight is 289 g/mol. The van der Waals surface area contributed by atoms with Crippen LogP contribution in [0.25, 0.3) is 0 Å². The Balaban J connectivity index is 3.27. The predicted molar refractivity (Wildman–Crippen MR) is 73.0 cm³/mol. The van der Waals surface area contributed by atoms with Crippen molar-refractivity contribution >= 4 is 0 Å². The highest BCUT2D eigenvalue weighted by atomic mass is 19.2. The summed E-state index contributed by atoms with van der Waals surface area (Å²) in [6, 6.07) is 1.63. The molecule has 0 aliphatic carbocycles. The van der Waals surface area contributed by atoms with E-state index < -0.39 is 23.5 Å². The van der Waals surface area contributed by atoms with E-state index in [9.17, 15) is 13.2 Å². The molecule has 0 aromatic heterocycles. The van der Waals surface area contributed by atoms with Crippen molar-refractivity contribution in [2.24, 2.45) is 5.41 Å². The van der Waals surface area contributed by atoms with Crippen LogP contribution >= 0.6 is 0 Å². The second kappa shape index (κ2) is 6.59. The lowest BCUT2D eigenvalue weighted by atomic mass is 9.81. The highest BCUT2D eigenvalue weighted by molar-refractivity contribution is 5.25. The van der Waals surface area contributed by atoms with Crippen molar-refractivity contribution in [3.8, 4) is 0 Å². The molecule has 2 atom stereocenters. The van der Waals surface area contributed by atoms with Crippen LogP contribution in [0, 0.1) is 22.9 Å². The monoisotopic (exact) mass is 289 g/mol. The van der Waals surface area contributed by atoms with Crippen LogP contribution < -0.4 is 5.32 Å². The van der Waals surface area contributed by atoms with Gasteiger partial charge in [-0.1, -0.05) is 26.8 Å². The molecule has 0 saturated heterocycles. The Kier molecular flexibility index (Phi) is 5.59. The predicted octanol–water partition coefficient (Wildman–Crippen LogP) is 3.82. The molecule has 0 aliphatic rings. The molecule has 0 amide bonds. The van der Waals surface area contributed by atoms with Crippen molar-refractivity contribution in [2.75, 3.05) is 13.7 Å². The minimum absolute atomic E-state index is 0.0692. The van der Waals surface area contributed by atoms with Crippen LogP contribution in [0.1, 0.15) is 39.3 Å². The first kappa shape index (κ1) is 17.0. The minimum atomic E-state index is -1.45. The van der Waals surface area contributed by atoms with E-state index in [2.05, 4.69) is 5.32 Å². The number of halogens is 3. The largest absolute Gasteiger partial charge is 0.376 e. The third-order valence-electron chi connectivity index (χ3n) is 3.21. The first-order chi connectivity index (χ1) is 9.23. The van der Waals surface area contributed by atoms with Gasteiger partial charge < -0.3 is 10.1 Å². The zero-order valence-corrected chi connectivity index (χ0v) is 12.6. The molecule has 0 heterocycles. The van der Waals surface area contributed by atoms with E-state index >= 15 is 0 Å². The van der Waals surface area contributed by atoms with Crippen LogP contribution in [0.15, 0.2) is 12.1 Å². The SMILES string of the molecule is CCOC(C(NC)c1ccc(F)c(F)c1F)C(C)(C)C. The summed E-state index contributed by atoms with van der Waals surface area (Å²) in [6.45, 7) is 8.15. The molecule has 1 rings (SSSR count). The van der Waals surface area contributed by atoms with Crippen LogP contribution in [0.3, 0.4) is 0 Å². The number of benzene rings is 1. The van der Waals surface area contributed by atoms with E-state index in [1.54, 1.807) is 7.05 Å². The van der Waals surface area contributed by atoms with Crippen molar-refractivity contribution in [1.82, 2.24) is 5.32 Å². The van der Waals surface area contributed by atoms with E-state index in [0.717, 1.165) is 6.07 Å². The summed E-state index contributed by atoms with van der Waals surface area (Å²) in [5, 5.41) is 2.94. The zero-order valence-electron chi connectivity index (χ0n) is 12.6. The third-order valence-corrected chi connectivity index (χ3v) is 3.21. The maximum absolute atomic E-state index is 14.0. The van der Waals surface area contributed by atoms with Gasteiger partial charge in [0, 0.05) is 12.2 Å². The second-order valence-electron chi connectivity index (χ2n) is 5.77. The van der Waals surface area contributed by atoms with Gasteiger partial charge in [-0.3, -0.25) is 0 Å². The van der Waals surface area contributed by atoms with Gasteiger partial charge in [-0.15, -0.1) is 0 Å². The summed E-state index contributed by atoms with van der Waals surface area (Å²) in [5.41, 5.74) is -0.221. The molecule has 0 spiro atoms. The summed E-state index contributed by atoms with van der Waals surface area (Å²) in [5.74, 6) is -3.81. The van der Waals surface area contributed by atoms with Gasteiger partial charge in [0.25, 0.3) is 0 Å². The van der Waals surface area contributed by atoms with Gasteiger partial charge in [-0.25, -0.2) is 13.2 Å². The molecule has 1 N–H and O–H groups in total. The first-order valence-electron chi connectivity index (χ1n) is 6.66. The fourth-order valence-electron chi connectivity index (χ4n) is 2.28. The maximum atomic E-state index is 14.0. The molecule has 1 aromatic carbocycles. The topological polar surface area (TPSA) is 21.3 Å². The van der Waals surface area contributed by atoms with Crippen molar-refractivity contribution in [1.29, 1.82) is 0 Å².